The quantitative estimate of drug-likeness (QED) is 0.921. The Hall–Kier alpha value is -0.910. The lowest BCUT2D eigenvalue weighted by molar-refractivity contribution is 0.165. The first-order valence-corrected chi connectivity index (χ1v) is 8.78. The van der Waals surface area contributed by atoms with Gasteiger partial charge in [0, 0.05) is 19.7 Å². The monoisotopic (exact) mass is 295 g/mol. The molecule has 4 nitrogen and oxygen atoms in total. The van der Waals surface area contributed by atoms with Gasteiger partial charge in [-0.2, -0.15) is 4.31 Å². The highest BCUT2D eigenvalue weighted by Gasteiger charge is 2.30. The second kappa shape index (κ2) is 5.47. The van der Waals surface area contributed by atoms with Gasteiger partial charge in [-0.15, -0.1) is 0 Å². The number of piperidine rings is 1. The minimum Gasteiger partial charge on any atom is -0.396 e. The van der Waals surface area contributed by atoms with Gasteiger partial charge in [-0.25, -0.2) is 8.42 Å². The summed E-state index contributed by atoms with van der Waals surface area (Å²) in [7, 11) is -3.40. The third kappa shape index (κ3) is 2.50. The number of nitrogens with zero attached hydrogens (tertiary/aromatic N) is 1. The summed E-state index contributed by atoms with van der Waals surface area (Å²) in [5.41, 5.74) is 2.47. The number of aliphatic hydroxyl groups is 1. The molecular weight excluding hydrogens is 274 g/mol. The fraction of sp³-hybridized carbons (Fsp3) is 0.600. The van der Waals surface area contributed by atoms with Crippen molar-refractivity contribution in [1.29, 1.82) is 0 Å². The van der Waals surface area contributed by atoms with Crippen molar-refractivity contribution in [2.24, 2.45) is 5.92 Å². The number of hydrogen-bond acceptors (Lipinski definition) is 3. The SMILES string of the molecule is O=S(=O)(c1ccc2c(c1)CCC2)N1CCCC(CO)C1. The van der Waals surface area contributed by atoms with Crippen molar-refractivity contribution < 1.29 is 13.5 Å². The third-order valence-electron chi connectivity index (χ3n) is 4.45. The molecule has 0 spiro atoms. The molecule has 1 fully saturated rings. The van der Waals surface area contributed by atoms with Gasteiger partial charge in [-0.05, 0) is 61.3 Å². The Kier molecular flexibility index (Phi) is 3.84. The molecule has 1 atom stereocenters. The Morgan fingerprint density at radius 2 is 2.00 bits per heavy atom. The summed E-state index contributed by atoms with van der Waals surface area (Å²) in [6.07, 6.45) is 4.90. The van der Waals surface area contributed by atoms with E-state index in [0.717, 1.165) is 32.1 Å². The first-order chi connectivity index (χ1) is 9.61. The molecule has 5 heteroatoms. The van der Waals surface area contributed by atoms with Crippen LogP contribution in [-0.4, -0.2) is 37.5 Å². The molecule has 3 rings (SSSR count). The number of hydrogen-bond donors (Lipinski definition) is 1. The van der Waals surface area contributed by atoms with Crippen LogP contribution in [0, 0.1) is 5.92 Å². The summed E-state index contributed by atoms with van der Waals surface area (Å²) < 4.78 is 26.9. The molecule has 1 saturated heterocycles. The van der Waals surface area contributed by atoms with Crippen LogP contribution >= 0.6 is 0 Å². The van der Waals surface area contributed by atoms with E-state index in [2.05, 4.69) is 0 Å². The van der Waals surface area contributed by atoms with Crippen LogP contribution in [0.2, 0.25) is 0 Å². The average molecular weight is 295 g/mol. The number of rotatable bonds is 3. The van der Waals surface area contributed by atoms with Crippen LogP contribution in [-0.2, 0) is 22.9 Å². The largest absolute Gasteiger partial charge is 0.396 e. The van der Waals surface area contributed by atoms with Crippen molar-refractivity contribution in [2.45, 2.75) is 37.0 Å². The smallest absolute Gasteiger partial charge is 0.243 e. The molecular formula is C15H21NO3S. The zero-order chi connectivity index (χ0) is 14.2. The summed E-state index contributed by atoms with van der Waals surface area (Å²) in [6.45, 7) is 1.07. The van der Waals surface area contributed by atoms with E-state index in [4.69, 9.17) is 0 Å². The van der Waals surface area contributed by atoms with Crippen LogP contribution in [0.4, 0.5) is 0 Å². The molecule has 0 bridgehead atoms. The van der Waals surface area contributed by atoms with Crippen LogP contribution in [0.1, 0.15) is 30.4 Å². The fourth-order valence-corrected chi connectivity index (χ4v) is 4.86. The van der Waals surface area contributed by atoms with Crippen molar-refractivity contribution in [3.63, 3.8) is 0 Å². The molecule has 0 saturated carbocycles. The Morgan fingerprint density at radius 3 is 2.80 bits per heavy atom. The van der Waals surface area contributed by atoms with E-state index in [0.29, 0.717) is 18.0 Å². The number of benzene rings is 1. The third-order valence-corrected chi connectivity index (χ3v) is 6.31. The van der Waals surface area contributed by atoms with Gasteiger partial charge < -0.3 is 5.11 Å². The molecule has 0 aromatic heterocycles. The maximum Gasteiger partial charge on any atom is 0.243 e. The molecule has 0 amide bonds. The lowest BCUT2D eigenvalue weighted by atomic mass is 10.0. The first-order valence-electron chi connectivity index (χ1n) is 7.34. The van der Waals surface area contributed by atoms with E-state index in [1.165, 1.54) is 15.4 Å². The average Bonchev–Trinajstić information content (AvgIpc) is 2.94. The molecule has 1 heterocycles. The van der Waals surface area contributed by atoms with Crippen molar-refractivity contribution in [3.8, 4) is 0 Å². The van der Waals surface area contributed by atoms with Gasteiger partial charge in [0.05, 0.1) is 4.90 Å². The minimum absolute atomic E-state index is 0.0657. The van der Waals surface area contributed by atoms with Crippen molar-refractivity contribution in [1.82, 2.24) is 4.31 Å². The van der Waals surface area contributed by atoms with Crippen LogP contribution in [0.5, 0.6) is 0 Å². The summed E-state index contributed by atoms with van der Waals surface area (Å²) in [4.78, 5) is 0.414. The van der Waals surface area contributed by atoms with Crippen molar-refractivity contribution >= 4 is 10.0 Å². The Labute approximate surface area is 120 Å². The molecule has 1 aliphatic carbocycles. The zero-order valence-corrected chi connectivity index (χ0v) is 12.4. The molecule has 1 aromatic carbocycles. The maximum atomic E-state index is 12.7. The minimum atomic E-state index is -3.40. The summed E-state index contributed by atoms with van der Waals surface area (Å²) in [6, 6.07) is 5.55. The molecule has 1 unspecified atom stereocenters. The molecule has 110 valence electrons. The van der Waals surface area contributed by atoms with E-state index < -0.39 is 10.0 Å². The molecule has 2 aliphatic rings. The van der Waals surface area contributed by atoms with Crippen LogP contribution < -0.4 is 0 Å². The van der Waals surface area contributed by atoms with E-state index in [-0.39, 0.29) is 12.5 Å². The van der Waals surface area contributed by atoms with E-state index in [1.54, 1.807) is 6.07 Å². The fourth-order valence-electron chi connectivity index (χ4n) is 3.25. The molecule has 1 N–H and O–H groups in total. The van der Waals surface area contributed by atoms with Gasteiger partial charge in [0.15, 0.2) is 0 Å². The van der Waals surface area contributed by atoms with Gasteiger partial charge in [0.1, 0.15) is 0 Å². The normalized spacial score (nSPS) is 23.8. The van der Waals surface area contributed by atoms with Crippen LogP contribution in [0.3, 0.4) is 0 Å². The van der Waals surface area contributed by atoms with E-state index in [1.807, 2.05) is 12.1 Å². The molecule has 0 radical (unpaired) electrons. The van der Waals surface area contributed by atoms with Gasteiger partial charge in [-0.3, -0.25) is 0 Å². The lowest BCUT2D eigenvalue weighted by Gasteiger charge is -2.31. The number of fused-ring (bicyclic) bond motifs is 1. The number of sulfonamides is 1. The van der Waals surface area contributed by atoms with Gasteiger partial charge >= 0.3 is 0 Å². The second-order valence-electron chi connectivity index (χ2n) is 5.84. The van der Waals surface area contributed by atoms with E-state index >= 15 is 0 Å². The predicted molar refractivity (Wildman–Crippen MR) is 77.0 cm³/mol. The van der Waals surface area contributed by atoms with Gasteiger partial charge in [0.25, 0.3) is 0 Å². The topological polar surface area (TPSA) is 57.6 Å². The van der Waals surface area contributed by atoms with Gasteiger partial charge in [-0.1, -0.05) is 6.07 Å². The number of aliphatic hydroxyl groups excluding tert-OH is 1. The Balaban J connectivity index is 1.87. The molecule has 1 aromatic rings. The standard InChI is InChI=1S/C15H21NO3S/c17-11-12-3-2-8-16(10-12)20(18,19)15-7-6-13-4-1-5-14(13)9-15/h6-7,9,12,17H,1-5,8,10-11H2. The predicted octanol–water partition coefficient (Wildman–Crippen LogP) is 1.57. The molecule has 1 aliphatic heterocycles. The van der Waals surface area contributed by atoms with Crippen molar-refractivity contribution in [3.05, 3.63) is 29.3 Å². The molecule has 20 heavy (non-hydrogen) atoms. The maximum absolute atomic E-state index is 12.7. The zero-order valence-electron chi connectivity index (χ0n) is 11.6. The second-order valence-corrected chi connectivity index (χ2v) is 7.78. The number of aryl methyl sites for hydroxylation is 2. The highest BCUT2D eigenvalue weighted by atomic mass is 32.2. The van der Waals surface area contributed by atoms with Crippen molar-refractivity contribution in [2.75, 3.05) is 19.7 Å². The van der Waals surface area contributed by atoms with Crippen LogP contribution in [0.25, 0.3) is 0 Å². The lowest BCUT2D eigenvalue weighted by Crippen LogP contribution is -2.40. The van der Waals surface area contributed by atoms with E-state index in [9.17, 15) is 13.5 Å². The first kappa shape index (κ1) is 14.0. The van der Waals surface area contributed by atoms with Gasteiger partial charge in [0.2, 0.25) is 10.0 Å². The summed E-state index contributed by atoms with van der Waals surface area (Å²) in [5.74, 6) is 0.0768. The Morgan fingerprint density at radius 1 is 1.20 bits per heavy atom. The summed E-state index contributed by atoms with van der Waals surface area (Å²) in [5, 5.41) is 9.25. The highest BCUT2D eigenvalue weighted by Crippen LogP contribution is 2.28. The highest BCUT2D eigenvalue weighted by molar-refractivity contribution is 7.89. The van der Waals surface area contributed by atoms with Crippen LogP contribution in [0.15, 0.2) is 23.1 Å². The Bertz CT molecular complexity index is 597. The summed E-state index contributed by atoms with van der Waals surface area (Å²) >= 11 is 0.